The maximum absolute atomic E-state index is 12.1. The molecule has 1 aromatic carbocycles. The lowest BCUT2D eigenvalue weighted by atomic mass is 10.1. The number of hydrogen-bond acceptors (Lipinski definition) is 3. The molecule has 1 aromatic rings. The van der Waals surface area contributed by atoms with E-state index >= 15 is 0 Å². The fraction of sp³-hybridized carbons (Fsp3) is 0.556. The summed E-state index contributed by atoms with van der Waals surface area (Å²) in [4.78, 5) is 27.6. The Morgan fingerprint density at radius 2 is 1.87 bits per heavy atom. The first-order chi connectivity index (χ1) is 11.1. The summed E-state index contributed by atoms with van der Waals surface area (Å²) in [6, 6.07) is 7.82. The number of likely N-dealkylation sites (tertiary alicyclic amines) is 1. The maximum atomic E-state index is 12.1. The molecule has 0 aliphatic carbocycles. The molecule has 1 heterocycles. The van der Waals surface area contributed by atoms with Gasteiger partial charge in [-0.25, -0.2) is 0 Å². The smallest absolute Gasteiger partial charge is 0.224 e. The van der Waals surface area contributed by atoms with Crippen LogP contribution >= 0.6 is 0 Å². The monoisotopic (exact) mass is 318 g/mol. The summed E-state index contributed by atoms with van der Waals surface area (Å²) in [7, 11) is 1.65. The molecule has 1 aliphatic rings. The molecule has 1 aliphatic heterocycles. The number of carbonyl (C=O) groups excluding carboxylic acids is 2. The topological polar surface area (TPSA) is 49.9 Å². The van der Waals surface area contributed by atoms with Crippen molar-refractivity contribution in [1.29, 1.82) is 0 Å². The van der Waals surface area contributed by atoms with Crippen LogP contribution in [0.5, 0.6) is 5.75 Å². The number of para-hydroxylation sites is 1. The zero-order valence-corrected chi connectivity index (χ0v) is 14.1. The van der Waals surface area contributed by atoms with Gasteiger partial charge in [0.2, 0.25) is 11.8 Å². The molecule has 0 radical (unpaired) electrons. The summed E-state index contributed by atoms with van der Waals surface area (Å²) in [5.74, 6) is 1.00. The van der Waals surface area contributed by atoms with Crippen LogP contribution in [0.25, 0.3) is 0 Å². The van der Waals surface area contributed by atoms with E-state index in [1.54, 1.807) is 18.9 Å². The van der Waals surface area contributed by atoms with Crippen LogP contribution in [-0.4, -0.2) is 54.9 Å². The number of ether oxygens (including phenoxy) is 1. The molecule has 5 nitrogen and oxygen atoms in total. The largest absolute Gasteiger partial charge is 0.496 e. The van der Waals surface area contributed by atoms with Gasteiger partial charge in [0, 0.05) is 39.5 Å². The Hall–Kier alpha value is -2.04. The molecule has 0 unspecified atom stereocenters. The van der Waals surface area contributed by atoms with E-state index in [1.807, 2.05) is 29.2 Å². The number of methoxy groups -OCH3 is 1. The van der Waals surface area contributed by atoms with E-state index in [0.717, 1.165) is 43.7 Å². The number of carbonyl (C=O) groups is 2. The second-order valence-electron chi connectivity index (χ2n) is 5.91. The van der Waals surface area contributed by atoms with Crippen LogP contribution in [0.1, 0.15) is 31.7 Å². The average molecular weight is 318 g/mol. The third kappa shape index (κ3) is 4.98. The van der Waals surface area contributed by atoms with E-state index < -0.39 is 0 Å². The highest BCUT2D eigenvalue weighted by Gasteiger charge is 2.19. The molecule has 23 heavy (non-hydrogen) atoms. The van der Waals surface area contributed by atoms with Crippen molar-refractivity contribution in [3.63, 3.8) is 0 Å². The Morgan fingerprint density at radius 1 is 1.17 bits per heavy atom. The van der Waals surface area contributed by atoms with Crippen molar-refractivity contribution >= 4 is 11.8 Å². The standard InChI is InChI=1S/C18H26N2O3/c1-15(21)19(14-10-18(22)20-11-5-6-12-20)13-9-16-7-3-4-8-17(16)23-2/h3-4,7-8H,5-6,9-14H2,1-2H3. The van der Waals surface area contributed by atoms with Crippen molar-refractivity contribution in [3.05, 3.63) is 29.8 Å². The van der Waals surface area contributed by atoms with Gasteiger partial charge < -0.3 is 14.5 Å². The number of amides is 2. The van der Waals surface area contributed by atoms with Crippen molar-refractivity contribution in [2.24, 2.45) is 0 Å². The van der Waals surface area contributed by atoms with Crippen LogP contribution < -0.4 is 4.74 Å². The fourth-order valence-corrected chi connectivity index (χ4v) is 2.95. The van der Waals surface area contributed by atoms with Gasteiger partial charge in [-0.3, -0.25) is 9.59 Å². The lowest BCUT2D eigenvalue weighted by Crippen LogP contribution is -2.36. The summed E-state index contributed by atoms with van der Waals surface area (Å²) >= 11 is 0. The minimum Gasteiger partial charge on any atom is -0.496 e. The molecule has 0 N–H and O–H groups in total. The first kappa shape index (κ1) is 17.3. The minimum absolute atomic E-state index is 0.00844. The van der Waals surface area contributed by atoms with Gasteiger partial charge in [-0.15, -0.1) is 0 Å². The zero-order valence-electron chi connectivity index (χ0n) is 14.1. The molecule has 1 fully saturated rings. The van der Waals surface area contributed by atoms with E-state index in [2.05, 4.69) is 0 Å². The molecule has 0 aromatic heterocycles. The normalized spacial score (nSPS) is 13.9. The SMILES string of the molecule is COc1ccccc1CCN(CCC(=O)N1CCCC1)C(C)=O. The van der Waals surface area contributed by atoms with Gasteiger partial charge in [-0.2, -0.15) is 0 Å². The summed E-state index contributed by atoms with van der Waals surface area (Å²) < 4.78 is 5.34. The van der Waals surface area contributed by atoms with E-state index in [-0.39, 0.29) is 11.8 Å². The van der Waals surface area contributed by atoms with Crippen molar-refractivity contribution in [2.75, 3.05) is 33.3 Å². The molecule has 1 saturated heterocycles. The lowest BCUT2D eigenvalue weighted by molar-refractivity contribution is -0.132. The predicted octanol–water partition coefficient (Wildman–Crippen LogP) is 2.10. The van der Waals surface area contributed by atoms with Gasteiger partial charge in [-0.05, 0) is 30.9 Å². The van der Waals surface area contributed by atoms with Crippen molar-refractivity contribution in [2.45, 2.75) is 32.6 Å². The van der Waals surface area contributed by atoms with Crippen molar-refractivity contribution < 1.29 is 14.3 Å². The lowest BCUT2D eigenvalue weighted by Gasteiger charge is -2.23. The Labute approximate surface area is 138 Å². The maximum Gasteiger partial charge on any atom is 0.224 e. The Kier molecular flexibility index (Phi) is 6.44. The third-order valence-electron chi connectivity index (χ3n) is 4.34. The van der Waals surface area contributed by atoms with Gasteiger partial charge in [0.05, 0.1) is 7.11 Å². The highest BCUT2D eigenvalue weighted by molar-refractivity contribution is 5.78. The number of benzene rings is 1. The second kappa shape index (κ2) is 8.56. The summed E-state index contributed by atoms with van der Waals surface area (Å²) in [6.45, 7) is 4.37. The van der Waals surface area contributed by atoms with Crippen LogP contribution in [0, 0.1) is 0 Å². The van der Waals surface area contributed by atoms with E-state index in [4.69, 9.17) is 4.74 Å². The number of rotatable bonds is 7. The first-order valence-corrected chi connectivity index (χ1v) is 8.27. The molecule has 0 bridgehead atoms. The van der Waals surface area contributed by atoms with Crippen LogP contribution in [0.3, 0.4) is 0 Å². The van der Waals surface area contributed by atoms with E-state index in [1.165, 1.54) is 0 Å². The van der Waals surface area contributed by atoms with Gasteiger partial charge in [0.1, 0.15) is 5.75 Å². The molecular weight excluding hydrogens is 292 g/mol. The van der Waals surface area contributed by atoms with Crippen LogP contribution in [-0.2, 0) is 16.0 Å². The van der Waals surface area contributed by atoms with Crippen LogP contribution in [0.2, 0.25) is 0 Å². The molecular formula is C18H26N2O3. The minimum atomic E-state index is 0.00844. The summed E-state index contributed by atoms with van der Waals surface area (Å²) in [5, 5.41) is 0. The highest BCUT2D eigenvalue weighted by atomic mass is 16.5. The quantitative estimate of drug-likeness (QED) is 0.773. The predicted molar refractivity (Wildman–Crippen MR) is 89.4 cm³/mol. The van der Waals surface area contributed by atoms with Crippen LogP contribution in [0.4, 0.5) is 0 Å². The Bertz CT molecular complexity index is 539. The molecule has 0 atom stereocenters. The van der Waals surface area contributed by atoms with Gasteiger partial charge in [0.25, 0.3) is 0 Å². The van der Waals surface area contributed by atoms with Gasteiger partial charge in [-0.1, -0.05) is 18.2 Å². The second-order valence-corrected chi connectivity index (χ2v) is 5.91. The van der Waals surface area contributed by atoms with Crippen molar-refractivity contribution in [1.82, 2.24) is 9.80 Å². The Balaban J connectivity index is 1.86. The summed E-state index contributed by atoms with van der Waals surface area (Å²) in [6.07, 6.45) is 3.32. The number of hydrogen-bond donors (Lipinski definition) is 0. The molecule has 2 rings (SSSR count). The van der Waals surface area contributed by atoms with Gasteiger partial charge in [0.15, 0.2) is 0 Å². The third-order valence-corrected chi connectivity index (χ3v) is 4.34. The fourth-order valence-electron chi connectivity index (χ4n) is 2.95. The van der Waals surface area contributed by atoms with Crippen molar-refractivity contribution in [3.8, 4) is 5.75 Å². The molecule has 0 saturated carbocycles. The summed E-state index contributed by atoms with van der Waals surface area (Å²) in [5.41, 5.74) is 1.08. The van der Waals surface area contributed by atoms with E-state index in [9.17, 15) is 9.59 Å². The zero-order chi connectivity index (χ0) is 16.7. The Morgan fingerprint density at radius 3 is 2.52 bits per heavy atom. The first-order valence-electron chi connectivity index (χ1n) is 8.27. The van der Waals surface area contributed by atoms with Gasteiger partial charge >= 0.3 is 0 Å². The highest BCUT2D eigenvalue weighted by Crippen LogP contribution is 2.18. The van der Waals surface area contributed by atoms with Crippen LogP contribution in [0.15, 0.2) is 24.3 Å². The molecule has 2 amide bonds. The molecule has 126 valence electrons. The molecule has 5 heteroatoms. The number of nitrogens with zero attached hydrogens (tertiary/aromatic N) is 2. The average Bonchev–Trinajstić information content (AvgIpc) is 3.09. The van der Waals surface area contributed by atoms with E-state index in [0.29, 0.717) is 19.5 Å². The molecule has 0 spiro atoms.